The summed E-state index contributed by atoms with van der Waals surface area (Å²) in [6, 6.07) is 5.95. The first-order chi connectivity index (χ1) is 15.6. The van der Waals surface area contributed by atoms with E-state index in [4.69, 9.17) is 9.47 Å². The molecule has 1 heterocycles. The molecule has 2 aromatic rings. The fourth-order valence-corrected chi connectivity index (χ4v) is 4.54. The van der Waals surface area contributed by atoms with Crippen molar-refractivity contribution in [2.75, 3.05) is 19.8 Å². The largest absolute Gasteiger partial charge is 0.490 e. The second kappa shape index (κ2) is 10.4. The van der Waals surface area contributed by atoms with E-state index in [9.17, 15) is 27.1 Å². The van der Waals surface area contributed by atoms with Gasteiger partial charge in [0.25, 0.3) is 0 Å². The Morgan fingerprint density at radius 3 is 2.42 bits per heavy atom. The number of ether oxygens (including phenoxy) is 2. The lowest BCUT2D eigenvalue weighted by atomic mass is 10.0. The van der Waals surface area contributed by atoms with Crippen molar-refractivity contribution in [2.24, 2.45) is 5.92 Å². The van der Waals surface area contributed by atoms with E-state index < -0.39 is 45.6 Å². The minimum atomic E-state index is -4.10. The van der Waals surface area contributed by atoms with Gasteiger partial charge in [0.05, 0.1) is 24.2 Å². The quantitative estimate of drug-likeness (QED) is 0.530. The number of amides is 1. The van der Waals surface area contributed by atoms with Gasteiger partial charge in [-0.1, -0.05) is 19.9 Å². The second-order valence-electron chi connectivity index (χ2n) is 7.94. The van der Waals surface area contributed by atoms with Crippen LogP contribution in [0, 0.1) is 17.6 Å². The van der Waals surface area contributed by atoms with E-state index in [1.165, 1.54) is 24.3 Å². The van der Waals surface area contributed by atoms with Crippen molar-refractivity contribution < 1.29 is 36.6 Å². The lowest BCUT2D eigenvalue weighted by Gasteiger charge is -2.23. The highest BCUT2D eigenvalue weighted by atomic mass is 32.2. The Morgan fingerprint density at radius 1 is 1.06 bits per heavy atom. The highest BCUT2D eigenvalue weighted by Gasteiger charge is 2.29. The van der Waals surface area contributed by atoms with E-state index in [2.05, 4.69) is 10.0 Å². The van der Waals surface area contributed by atoms with Gasteiger partial charge in [0, 0.05) is 19.0 Å². The van der Waals surface area contributed by atoms with Crippen LogP contribution in [0.3, 0.4) is 0 Å². The van der Waals surface area contributed by atoms with Crippen LogP contribution in [0.1, 0.15) is 31.9 Å². The number of aliphatic hydroxyl groups is 1. The van der Waals surface area contributed by atoms with Crippen molar-refractivity contribution >= 4 is 15.9 Å². The molecule has 33 heavy (non-hydrogen) atoms. The zero-order chi connectivity index (χ0) is 24.2. The van der Waals surface area contributed by atoms with Crippen LogP contribution in [0.2, 0.25) is 0 Å². The number of aliphatic hydroxyl groups excluding tert-OH is 1. The minimum absolute atomic E-state index is 0.0723. The molecule has 8 nitrogen and oxygen atoms in total. The zero-order valence-corrected chi connectivity index (χ0v) is 19.0. The molecule has 1 aliphatic rings. The Bertz CT molecular complexity index is 1110. The number of carbonyl (C=O) groups excluding carboxylic acids is 1. The first kappa shape index (κ1) is 24.9. The smallest absolute Gasteiger partial charge is 0.241 e. The van der Waals surface area contributed by atoms with Crippen LogP contribution in [-0.2, 0) is 14.8 Å². The summed E-state index contributed by atoms with van der Waals surface area (Å²) in [6.07, 6.45) is -0.642. The summed E-state index contributed by atoms with van der Waals surface area (Å²) in [5.41, 5.74) is 0.0723. The lowest BCUT2D eigenvalue weighted by Crippen LogP contribution is -2.50. The third-order valence-corrected chi connectivity index (χ3v) is 6.50. The summed E-state index contributed by atoms with van der Waals surface area (Å²) < 4.78 is 65.8. The molecule has 0 fully saturated rings. The van der Waals surface area contributed by atoms with Crippen molar-refractivity contribution in [1.82, 2.24) is 10.0 Å². The standard InChI is InChI=1S/C22H26F2N2O6S/c1-13(2)21(22(28)25-12-18(27)14-4-6-16(23)17(24)10-14)26-33(29,30)15-5-7-19-20(11-15)32-9-3-8-31-19/h4-7,10-11,13,18,21,26-27H,3,8-9,12H2,1-2H3,(H,25,28). The van der Waals surface area contributed by atoms with Crippen molar-refractivity contribution in [3.05, 3.63) is 53.6 Å². The molecule has 1 amide bonds. The minimum Gasteiger partial charge on any atom is -0.490 e. The Labute approximate surface area is 191 Å². The maximum atomic E-state index is 13.4. The molecule has 0 bridgehead atoms. The fourth-order valence-electron chi connectivity index (χ4n) is 3.18. The zero-order valence-electron chi connectivity index (χ0n) is 18.2. The molecule has 0 saturated heterocycles. The number of halogens is 2. The normalized spacial score (nSPS) is 15.6. The van der Waals surface area contributed by atoms with Crippen LogP contribution in [0.4, 0.5) is 8.78 Å². The van der Waals surface area contributed by atoms with Crippen LogP contribution in [0.15, 0.2) is 41.3 Å². The molecular weight excluding hydrogens is 458 g/mol. The highest BCUT2D eigenvalue weighted by Crippen LogP contribution is 2.32. The van der Waals surface area contributed by atoms with Crippen molar-refractivity contribution in [3.8, 4) is 11.5 Å². The van der Waals surface area contributed by atoms with E-state index in [1.54, 1.807) is 13.8 Å². The first-order valence-corrected chi connectivity index (χ1v) is 11.9. The van der Waals surface area contributed by atoms with Crippen LogP contribution in [0.25, 0.3) is 0 Å². The molecule has 0 aromatic heterocycles. The molecule has 0 radical (unpaired) electrons. The summed E-state index contributed by atoms with van der Waals surface area (Å²) >= 11 is 0. The maximum Gasteiger partial charge on any atom is 0.241 e. The van der Waals surface area contributed by atoms with Crippen LogP contribution < -0.4 is 19.5 Å². The Balaban J connectivity index is 1.69. The second-order valence-corrected chi connectivity index (χ2v) is 9.65. The SMILES string of the molecule is CC(C)C(NS(=O)(=O)c1ccc2c(c1)OCCCO2)C(=O)NCC(O)c1ccc(F)c(F)c1. The predicted molar refractivity (Wildman–Crippen MR) is 115 cm³/mol. The third-order valence-electron chi connectivity index (χ3n) is 5.06. The molecule has 1 aliphatic heterocycles. The molecule has 2 atom stereocenters. The summed E-state index contributed by atoms with van der Waals surface area (Å²) in [6.45, 7) is 3.85. The Kier molecular flexibility index (Phi) is 7.88. The number of benzene rings is 2. The van der Waals surface area contributed by atoms with Crippen molar-refractivity contribution in [3.63, 3.8) is 0 Å². The lowest BCUT2D eigenvalue weighted by molar-refractivity contribution is -0.124. The van der Waals surface area contributed by atoms with Gasteiger partial charge < -0.3 is 19.9 Å². The predicted octanol–water partition coefficient (Wildman–Crippen LogP) is 2.28. The molecule has 180 valence electrons. The number of nitrogens with one attached hydrogen (secondary N) is 2. The number of carbonyl (C=O) groups is 1. The van der Waals surface area contributed by atoms with E-state index in [0.717, 1.165) is 12.1 Å². The average molecular weight is 485 g/mol. The molecular formula is C22H26F2N2O6S. The number of rotatable bonds is 8. The molecule has 0 aliphatic carbocycles. The summed E-state index contributed by atoms with van der Waals surface area (Å²) in [5, 5.41) is 12.6. The van der Waals surface area contributed by atoms with E-state index >= 15 is 0 Å². The van der Waals surface area contributed by atoms with Gasteiger partial charge in [0.2, 0.25) is 15.9 Å². The summed E-state index contributed by atoms with van der Waals surface area (Å²) in [5.74, 6) is -2.55. The number of sulfonamides is 1. The Morgan fingerprint density at radius 2 is 1.76 bits per heavy atom. The Hall–Kier alpha value is -2.76. The van der Waals surface area contributed by atoms with Gasteiger partial charge in [0.15, 0.2) is 23.1 Å². The maximum absolute atomic E-state index is 13.4. The molecule has 3 N–H and O–H groups in total. The van der Waals surface area contributed by atoms with Crippen LogP contribution in [-0.4, -0.2) is 45.2 Å². The van der Waals surface area contributed by atoms with Gasteiger partial charge in [-0.05, 0) is 35.7 Å². The summed E-state index contributed by atoms with van der Waals surface area (Å²) in [7, 11) is -4.10. The van der Waals surface area contributed by atoms with Crippen molar-refractivity contribution in [1.29, 1.82) is 0 Å². The van der Waals surface area contributed by atoms with E-state index in [0.29, 0.717) is 31.1 Å². The van der Waals surface area contributed by atoms with E-state index in [-0.39, 0.29) is 17.0 Å². The number of fused-ring (bicyclic) bond motifs is 1. The topological polar surface area (TPSA) is 114 Å². The average Bonchev–Trinajstić information content (AvgIpc) is 3.02. The van der Waals surface area contributed by atoms with Crippen LogP contribution in [0.5, 0.6) is 11.5 Å². The van der Waals surface area contributed by atoms with Gasteiger partial charge in [-0.3, -0.25) is 4.79 Å². The molecule has 2 unspecified atom stereocenters. The molecule has 3 rings (SSSR count). The molecule has 2 aromatic carbocycles. The fraction of sp³-hybridized carbons (Fsp3) is 0.409. The molecule has 0 saturated carbocycles. The molecule has 11 heteroatoms. The highest BCUT2D eigenvalue weighted by molar-refractivity contribution is 7.89. The van der Waals surface area contributed by atoms with E-state index in [1.807, 2.05) is 0 Å². The van der Waals surface area contributed by atoms with Gasteiger partial charge >= 0.3 is 0 Å². The van der Waals surface area contributed by atoms with Crippen LogP contribution >= 0.6 is 0 Å². The van der Waals surface area contributed by atoms with Crippen molar-refractivity contribution in [2.45, 2.75) is 37.3 Å². The van der Waals surface area contributed by atoms with Gasteiger partial charge in [-0.2, -0.15) is 4.72 Å². The monoisotopic (exact) mass is 484 g/mol. The van der Waals surface area contributed by atoms with Gasteiger partial charge in [0.1, 0.15) is 6.04 Å². The molecule has 0 spiro atoms. The number of hydrogen-bond acceptors (Lipinski definition) is 6. The first-order valence-electron chi connectivity index (χ1n) is 10.4. The number of hydrogen-bond donors (Lipinski definition) is 3. The summed E-state index contributed by atoms with van der Waals surface area (Å²) in [4.78, 5) is 12.6. The third kappa shape index (κ3) is 6.18. The van der Waals surface area contributed by atoms with Gasteiger partial charge in [-0.15, -0.1) is 0 Å². The van der Waals surface area contributed by atoms with Gasteiger partial charge in [-0.25, -0.2) is 17.2 Å².